The van der Waals surface area contributed by atoms with E-state index in [1.807, 2.05) is 67.8 Å². The lowest BCUT2D eigenvalue weighted by Crippen LogP contribution is -2.15. The fraction of sp³-hybridized carbons (Fsp3) is 0.263. The van der Waals surface area contributed by atoms with Gasteiger partial charge in [0.2, 0.25) is 5.91 Å². The normalized spacial score (nSPS) is 11.2. The van der Waals surface area contributed by atoms with E-state index in [1.54, 1.807) is 0 Å². The number of imidazole rings is 1. The maximum absolute atomic E-state index is 12.3. The standard InChI is InChI=1S/C19H20ClN3O/c1-12(2)10-17(24)22-19-18(14-4-6-15(20)7-5-14)21-16-11-13(3)8-9-23(16)19/h4-9,11-12H,10H2,1-3H3,(H,22,24). The molecule has 0 unspecified atom stereocenters. The van der Waals surface area contributed by atoms with Crippen molar-refractivity contribution in [3.63, 3.8) is 0 Å². The number of benzene rings is 1. The molecule has 3 aromatic rings. The zero-order valence-electron chi connectivity index (χ0n) is 14.0. The number of amides is 1. The van der Waals surface area contributed by atoms with Crippen LogP contribution in [0.25, 0.3) is 16.9 Å². The van der Waals surface area contributed by atoms with Crippen LogP contribution < -0.4 is 5.32 Å². The predicted molar refractivity (Wildman–Crippen MR) is 98.5 cm³/mol. The molecule has 24 heavy (non-hydrogen) atoms. The lowest BCUT2D eigenvalue weighted by atomic mass is 10.1. The minimum absolute atomic E-state index is 0.0115. The van der Waals surface area contributed by atoms with Crippen molar-refractivity contribution in [1.29, 1.82) is 0 Å². The summed E-state index contributed by atoms with van der Waals surface area (Å²) in [6.07, 6.45) is 2.40. The zero-order valence-corrected chi connectivity index (χ0v) is 14.8. The summed E-state index contributed by atoms with van der Waals surface area (Å²) >= 11 is 5.98. The van der Waals surface area contributed by atoms with Crippen molar-refractivity contribution in [1.82, 2.24) is 9.38 Å². The number of rotatable bonds is 4. The van der Waals surface area contributed by atoms with Crippen LogP contribution in [0.15, 0.2) is 42.6 Å². The van der Waals surface area contributed by atoms with Gasteiger partial charge in [-0.2, -0.15) is 0 Å². The number of anilines is 1. The number of aromatic nitrogens is 2. The summed E-state index contributed by atoms with van der Waals surface area (Å²) in [5.41, 5.74) is 3.59. The molecule has 124 valence electrons. The van der Waals surface area contributed by atoms with Gasteiger partial charge in [-0.3, -0.25) is 9.20 Å². The van der Waals surface area contributed by atoms with Gasteiger partial charge in [0.05, 0.1) is 0 Å². The van der Waals surface area contributed by atoms with Crippen LogP contribution in [0.2, 0.25) is 5.02 Å². The summed E-state index contributed by atoms with van der Waals surface area (Å²) < 4.78 is 1.91. The maximum atomic E-state index is 12.3. The first kappa shape index (κ1) is 16.5. The van der Waals surface area contributed by atoms with Crippen LogP contribution in [-0.2, 0) is 4.79 Å². The number of hydrogen-bond donors (Lipinski definition) is 1. The Morgan fingerprint density at radius 1 is 1.25 bits per heavy atom. The quantitative estimate of drug-likeness (QED) is 0.730. The molecule has 0 aliphatic rings. The lowest BCUT2D eigenvalue weighted by molar-refractivity contribution is -0.116. The number of halogens is 1. The Labute approximate surface area is 146 Å². The topological polar surface area (TPSA) is 46.4 Å². The average molecular weight is 342 g/mol. The fourth-order valence-electron chi connectivity index (χ4n) is 2.63. The molecule has 0 saturated carbocycles. The molecule has 0 bridgehead atoms. The van der Waals surface area contributed by atoms with Gasteiger partial charge in [-0.25, -0.2) is 4.98 Å². The van der Waals surface area contributed by atoms with Crippen molar-refractivity contribution < 1.29 is 4.79 Å². The van der Waals surface area contributed by atoms with Crippen molar-refractivity contribution in [2.45, 2.75) is 27.2 Å². The van der Waals surface area contributed by atoms with E-state index < -0.39 is 0 Å². The van der Waals surface area contributed by atoms with E-state index in [-0.39, 0.29) is 5.91 Å². The first-order valence-corrected chi connectivity index (χ1v) is 8.36. The van der Waals surface area contributed by atoms with Gasteiger partial charge in [0.1, 0.15) is 17.2 Å². The third-order valence-corrected chi connectivity index (χ3v) is 4.00. The van der Waals surface area contributed by atoms with E-state index in [9.17, 15) is 4.79 Å². The Balaban J connectivity index is 2.11. The number of fused-ring (bicyclic) bond motifs is 1. The van der Waals surface area contributed by atoms with Crippen molar-refractivity contribution in [2.24, 2.45) is 5.92 Å². The third kappa shape index (κ3) is 3.44. The van der Waals surface area contributed by atoms with E-state index in [2.05, 4.69) is 5.32 Å². The summed E-state index contributed by atoms with van der Waals surface area (Å²) in [6, 6.07) is 11.5. The SMILES string of the molecule is Cc1ccn2c(NC(=O)CC(C)C)c(-c3ccc(Cl)cc3)nc2c1. The summed E-state index contributed by atoms with van der Waals surface area (Å²) in [6.45, 7) is 6.07. The van der Waals surface area contributed by atoms with Crippen LogP contribution in [0.5, 0.6) is 0 Å². The average Bonchev–Trinajstić information content (AvgIpc) is 2.85. The van der Waals surface area contributed by atoms with E-state index >= 15 is 0 Å². The second kappa shape index (κ2) is 6.65. The molecular weight excluding hydrogens is 322 g/mol. The Kier molecular flexibility index (Phi) is 4.58. The molecule has 5 heteroatoms. The molecule has 1 amide bonds. The number of nitrogens with one attached hydrogen (secondary N) is 1. The minimum atomic E-state index is -0.0115. The van der Waals surface area contributed by atoms with Crippen LogP contribution in [0.4, 0.5) is 5.82 Å². The monoisotopic (exact) mass is 341 g/mol. The first-order valence-electron chi connectivity index (χ1n) is 7.98. The smallest absolute Gasteiger partial charge is 0.225 e. The molecule has 0 fully saturated rings. The molecule has 1 N–H and O–H groups in total. The largest absolute Gasteiger partial charge is 0.310 e. The predicted octanol–water partition coefficient (Wildman–Crippen LogP) is 4.95. The Morgan fingerprint density at radius 3 is 2.62 bits per heavy atom. The minimum Gasteiger partial charge on any atom is -0.310 e. The lowest BCUT2D eigenvalue weighted by Gasteiger charge is -2.09. The van der Waals surface area contributed by atoms with Gasteiger partial charge >= 0.3 is 0 Å². The van der Waals surface area contributed by atoms with E-state index in [0.29, 0.717) is 23.2 Å². The summed E-state index contributed by atoms with van der Waals surface area (Å²) in [7, 11) is 0. The molecule has 0 saturated heterocycles. The third-order valence-electron chi connectivity index (χ3n) is 3.75. The fourth-order valence-corrected chi connectivity index (χ4v) is 2.75. The van der Waals surface area contributed by atoms with Crippen LogP contribution >= 0.6 is 11.6 Å². The summed E-state index contributed by atoms with van der Waals surface area (Å²) in [4.78, 5) is 17.0. The van der Waals surface area contributed by atoms with E-state index in [1.165, 1.54) is 0 Å². The van der Waals surface area contributed by atoms with Crippen molar-refractivity contribution in [3.05, 3.63) is 53.2 Å². The Hall–Kier alpha value is -2.33. The highest BCUT2D eigenvalue weighted by atomic mass is 35.5. The number of pyridine rings is 1. The highest BCUT2D eigenvalue weighted by molar-refractivity contribution is 6.30. The second-order valence-electron chi connectivity index (χ2n) is 6.39. The van der Waals surface area contributed by atoms with Crippen LogP contribution in [0.3, 0.4) is 0 Å². The maximum Gasteiger partial charge on any atom is 0.225 e. The van der Waals surface area contributed by atoms with Gasteiger partial charge in [0, 0.05) is 23.2 Å². The number of aryl methyl sites for hydroxylation is 1. The molecule has 1 aromatic carbocycles. The number of carbonyl (C=O) groups is 1. The van der Waals surface area contributed by atoms with Gasteiger partial charge in [-0.15, -0.1) is 0 Å². The van der Waals surface area contributed by atoms with Gasteiger partial charge < -0.3 is 5.32 Å². The molecule has 0 aliphatic heterocycles. The molecule has 0 atom stereocenters. The van der Waals surface area contributed by atoms with Crippen LogP contribution in [0.1, 0.15) is 25.8 Å². The molecule has 4 nitrogen and oxygen atoms in total. The van der Waals surface area contributed by atoms with Crippen molar-refractivity contribution in [2.75, 3.05) is 5.32 Å². The van der Waals surface area contributed by atoms with Gasteiger partial charge in [0.15, 0.2) is 0 Å². The second-order valence-corrected chi connectivity index (χ2v) is 6.83. The molecule has 3 rings (SSSR count). The molecule has 0 radical (unpaired) electrons. The first-order chi connectivity index (χ1) is 11.4. The molecule has 0 spiro atoms. The highest BCUT2D eigenvalue weighted by Crippen LogP contribution is 2.30. The van der Waals surface area contributed by atoms with Crippen molar-refractivity contribution in [3.8, 4) is 11.3 Å². The van der Waals surface area contributed by atoms with Crippen LogP contribution in [-0.4, -0.2) is 15.3 Å². The molecular formula is C19H20ClN3O. The summed E-state index contributed by atoms with van der Waals surface area (Å²) in [5, 5.41) is 3.70. The van der Waals surface area contributed by atoms with Gasteiger partial charge in [-0.1, -0.05) is 37.6 Å². The molecule has 0 aliphatic carbocycles. The molecule has 2 aromatic heterocycles. The van der Waals surface area contributed by atoms with Crippen LogP contribution in [0, 0.1) is 12.8 Å². The summed E-state index contributed by atoms with van der Waals surface area (Å²) in [5.74, 6) is 0.978. The molecule has 2 heterocycles. The van der Waals surface area contributed by atoms with E-state index in [4.69, 9.17) is 16.6 Å². The van der Waals surface area contributed by atoms with Gasteiger partial charge in [-0.05, 0) is 42.7 Å². The number of hydrogen-bond acceptors (Lipinski definition) is 2. The number of carbonyl (C=O) groups excluding carboxylic acids is 1. The van der Waals surface area contributed by atoms with Crippen molar-refractivity contribution >= 4 is 29.0 Å². The number of nitrogens with zero attached hydrogens (tertiary/aromatic N) is 2. The highest BCUT2D eigenvalue weighted by Gasteiger charge is 2.17. The Morgan fingerprint density at radius 2 is 1.96 bits per heavy atom. The van der Waals surface area contributed by atoms with E-state index in [0.717, 1.165) is 22.5 Å². The van der Waals surface area contributed by atoms with Gasteiger partial charge in [0.25, 0.3) is 0 Å². The Bertz CT molecular complexity index is 882. The zero-order chi connectivity index (χ0) is 17.3.